The molecule has 22 heavy (non-hydrogen) atoms. The molecule has 0 aromatic rings. The molecule has 1 N–H and O–H groups in total. The monoisotopic (exact) mass is 330 g/mol. The zero-order valence-electron chi connectivity index (χ0n) is 12.3. The molecule has 7 nitrogen and oxygen atoms in total. The van der Waals surface area contributed by atoms with Gasteiger partial charge in [-0.05, 0) is 11.8 Å². The fourth-order valence-electron chi connectivity index (χ4n) is 3.55. The molecule has 2 aliphatic heterocycles. The van der Waals surface area contributed by atoms with Crippen molar-refractivity contribution in [2.45, 2.75) is 24.7 Å². The molecule has 9 heteroatoms. The fraction of sp³-hybridized carbons (Fsp3) is 0.846. The number of nitrogens with zero attached hydrogens (tertiary/aromatic N) is 3. The van der Waals surface area contributed by atoms with Crippen LogP contribution in [0.5, 0.6) is 0 Å². The highest BCUT2D eigenvalue weighted by atomic mass is 32.2. The highest BCUT2D eigenvalue weighted by molar-refractivity contribution is 7.88. The minimum absolute atomic E-state index is 0.0158. The predicted molar refractivity (Wildman–Crippen MR) is 75.8 cm³/mol. The van der Waals surface area contributed by atoms with E-state index in [1.54, 1.807) is 0 Å². The highest BCUT2D eigenvalue weighted by Gasteiger charge is 2.57. The van der Waals surface area contributed by atoms with Gasteiger partial charge in [-0.1, -0.05) is 0 Å². The molecule has 0 spiro atoms. The van der Waals surface area contributed by atoms with Crippen molar-refractivity contribution in [3.8, 4) is 6.07 Å². The van der Waals surface area contributed by atoms with E-state index in [-0.39, 0.29) is 43.3 Å². The number of likely N-dealkylation sites (tertiary alicyclic amines) is 1. The Bertz CT molecular complexity index is 607. The minimum Gasteiger partial charge on any atom is -0.323 e. The first-order chi connectivity index (χ1) is 10.3. The number of hydrogen-bond donors (Lipinski definition) is 1. The zero-order valence-corrected chi connectivity index (χ0v) is 13.1. The first-order valence-electron chi connectivity index (χ1n) is 7.33. The Hall–Kier alpha value is -1.24. The highest BCUT2D eigenvalue weighted by Crippen LogP contribution is 2.46. The fourth-order valence-corrected chi connectivity index (χ4v) is 4.44. The number of carbonyl (C=O) groups excluding carboxylic acids is 1. The van der Waals surface area contributed by atoms with Crippen molar-refractivity contribution in [1.82, 2.24) is 14.5 Å². The van der Waals surface area contributed by atoms with Crippen LogP contribution in [0.25, 0.3) is 0 Å². The lowest BCUT2D eigenvalue weighted by Gasteiger charge is -2.20. The molecule has 0 radical (unpaired) electrons. The molecule has 2 heterocycles. The molecule has 0 bridgehead atoms. The van der Waals surface area contributed by atoms with Gasteiger partial charge < -0.3 is 10.2 Å². The van der Waals surface area contributed by atoms with Crippen LogP contribution < -0.4 is 5.32 Å². The van der Waals surface area contributed by atoms with Crippen molar-refractivity contribution in [1.29, 1.82) is 5.26 Å². The molecular formula is C13H19FN4O3S. The molecule has 2 unspecified atom stereocenters. The summed E-state index contributed by atoms with van der Waals surface area (Å²) in [7, 11) is -3.14. The number of halogens is 1. The summed E-state index contributed by atoms with van der Waals surface area (Å²) in [6.07, 6.45) is 0.157. The second kappa shape index (κ2) is 5.44. The predicted octanol–water partition coefficient (Wildman–Crippen LogP) is -1.07. The summed E-state index contributed by atoms with van der Waals surface area (Å²) in [4.78, 5) is 13.4. The number of sulfonamides is 1. The van der Waals surface area contributed by atoms with Crippen LogP contribution in [0.3, 0.4) is 0 Å². The molecule has 1 saturated carbocycles. The summed E-state index contributed by atoms with van der Waals surface area (Å²) in [5, 5.41) is 12.1. The van der Waals surface area contributed by atoms with Crippen molar-refractivity contribution in [3.63, 3.8) is 0 Å². The van der Waals surface area contributed by atoms with E-state index in [9.17, 15) is 17.6 Å². The second-order valence-electron chi connectivity index (χ2n) is 6.34. The van der Waals surface area contributed by atoms with Crippen LogP contribution >= 0.6 is 0 Å². The van der Waals surface area contributed by atoms with Crippen molar-refractivity contribution < 1.29 is 17.6 Å². The van der Waals surface area contributed by atoms with E-state index in [1.807, 2.05) is 6.07 Å². The Kier molecular flexibility index (Phi) is 3.87. The average molecular weight is 330 g/mol. The summed E-state index contributed by atoms with van der Waals surface area (Å²) in [6.45, 7) is 1.04. The van der Waals surface area contributed by atoms with Crippen LogP contribution in [0, 0.1) is 23.2 Å². The molecule has 2 saturated heterocycles. The molecule has 0 aromatic heterocycles. The van der Waals surface area contributed by atoms with E-state index in [0.717, 1.165) is 0 Å². The van der Waals surface area contributed by atoms with E-state index in [1.165, 1.54) is 15.5 Å². The Balaban J connectivity index is 1.46. The van der Waals surface area contributed by atoms with Gasteiger partial charge in [-0.3, -0.25) is 4.79 Å². The summed E-state index contributed by atoms with van der Waals surface area (Å²) in [6, 6.07) is 1.42. The van der Waals surface area contributed by atoms with Gasteiger partial charge in [-0.2, -0.15) is 5.26 Å². The van der Waals surface area contributed by atoms with Gasteiger partial charge in [-0.15, -0.1) is 0 Å². The topological polar surface area (TPSA) is 93.5 Å². The molecule has 3 aliphatic rings. The van der Waals surface area contributed by atoms with Gasteiger partial charge in [0.25, 0.3) is 0 Å². The molecule has 4 atom stereocenters. The minimum atomic E-state index is -3.14. The van der Waals surface area contributed by atoms with Crippen molar-refractivity contribution in [3.05, 3.63) is 0 Å². The van der Waals surface area contributed by atoms with Crippen LogP contribution in [0.4, 0.5) is 4.39 Å². The summed E-state index contributed by atoms with van der Waals surface area (Å²) >= 11 is 0. The largest absolute Gasteiger partial charge is 0.323 e. The van der Waals surface area contributed by atoms with E-state index < -0.39 is 22.2 Å². The van der Waals surface area contributed by atoms with E-state index in [0.29, 0.717) is 13.1 Å². The maximum atomic E-state index is 13.3. The maximum absolute atomic E-state index is 13.3. The Labute approximate surface area is 129 Å². The standard InChI is InChI=1S/C13H19FN4O3S/c1-22(20,21)17-6-10-11(7-17)13(10)16-4-12(19)18-5-8(14)2-9(18)3-15/h8-11,13,16H,2,4-7H2,1H3/t8-,9-,10?,11?,13?/m0/s1. The Morgan fingerprint density at radius 1 is 1.36 bits per heavy atom. The molecule has 3 fully saturated rings. The third kappa shape index (κ3) is 2.83. The first-order valence-corrected chi connectivity index (χ1v) is 9.17. The third-order valence-corrected chi connectivity index (χ3v) is 6.07. The van der Waals surface area contributed by atoms with Gasteiger partial charge in [-0.25, -0.2) is 17.1 Å². The lowest BCUT2D eigenvalue weighted by atomic mass is 10.2. The van der Waals surface area contributed by atoms with E-state index in [4.69, 9.17) is 5.26 Å². The van der Waals surface area contributed by atoms with E-state index in [2.05, 4.69) is 5.32 Å². The molecule has 1 aliphatic carbocycles. The maximum Gasteiger partial charge on any atom is 0.237 e. The molecule has 3 rings (SSSR count). The van der Waals surface area contributed by atoms with Gasteiger partial charge in [0.1, 0.15) is 12.2 Å². The average Bonchev–Trinajstić information content (AvgIpc) is 2.80. The number of alkyl halides is 1. The van der Waals surface area contributed by atoms with Crippen LogP contribution in [0.15, 0.2) is 0 Å². The van der Waals surface area contributed by atoms with Gasteiger partial charge in [0.05, 0.1) is 25.4 Å². The number of fused-ring (bicyclic) bond motifs is 1. The number of hydrogen-bond acceptors (Lipinski definition) is 5. The summed E-state index contributed by atoms with van der Waals surface area (Å²) < 4.78 is 37.6. The van der Waals surface area contributed by atoms with Crippen LogP contribution in [-0.4, -0.2) is 74.2 Å². The van der Waals surface area contributed by atoms with E-state index >= 15 is 0 Å². The quantitative estimate of drug-likeness (QED) is 0.708. The Morgan fingerprint density at radius 2 is 2.00 bits per heavy atom. The Morgan fingerprint density at radius 3 is 2.55 bits per heavy atom. The molecule has 0 aromatic carbocycles. The summed E-state index contributed by atoms with van der Waals surface area (Å²) in [5.41, 5.74) is 0. The van der Waals surface area contributed by atoms with Gasteiger partial charge in [0.15, 0.2) is 0 Å². The number of nitriles is 1. The van der Waals surface area contributed by atoms with Crippen LogP contribution in [0.2, 0.25) is 0 Å². The SMILES string of the molecule is CS(=O)(=O)N1CC2C(C1)C2NCC(=O)N1C[C@@H](F)C[C@H]1C#N. The van der Waals surface area contributed by atoms with Crippen LogP contribution in [0.1, 0.15) is 6.42 Å². The lowest BCUT2D eigenvalue weighted by molar-refractivity contribution is -0.130. The first kappa shape index (κ1) is 15.6. The van der Waals surface area contributed by atoms with Crippen molar-refractivity contribution in [2.24, 2.45) is 11.8 Å². The number of nitrogens with one attached hydrogen (secondary N) is 1. The van der Waals surface area contributed by atoms with Crippen LogP contribution in [-0.2, 0) is 14.8 Å². The van der Waals surface area contributed by atoms with Crippen molar-refractivity contribution in [2.75, 3.05) is 32.4 Å². The molecule has 1 amide bonds. The number of rotatable bonds is 4. The number of piperidine rings is 1. The van der Waals surface area contributed by atoms with Gasteiger partial charge in [0, 0.05) is 25.6 Å². The van der Waals surface area contributed by atoms with Gasteiger partial charge >= 0.3 is 0 Å². The molecular weight excluding hydrogens is 311 g/mol. The number of carbonyl (C=O) groups is 1. The van der Waals surface area contributed by atoms with Crippen molar-refractivity contribution >= 4 is 15.9 Å². The zero-order chi connectivity index (χ0) is 16.1. The number of amides is 1. The summed E-state index contributed by atoms with van der Waals surface area (Å²) in [5.74, 6) is 0.236. The normalized spacial score (nSPS) is 37.9. The molecule has 122 valence electrons. The third-order valence-electron chi connectivity index (χ3n) is 4.84. The lowest BCUT2D eigenvalue weighted by Crippen LogP contribution is -2.43. The smallest absolute Gasteiger partial charge is 0.237 e. The second-order valence-corrected chi connectivity index (χ2v) is 8.32. The van der Waals surface area contributed by atoms with Gasteiger partial charge in [0.2, 0.25) is 15.9 Å².